The lowest BCUT2D eigenvalue weighted by Crippen LogP contribution is -2.43. The van der Waals surface area contributed by atoms with E-state index in [0.717, 1.165) is 18.4 Å². The Bertz CT molecular complexity index is 762. The minimum atomic E-state index is -0.485. The number of hydrogen-bond acceptors (Lipinski definition) is 4. The Balaban J connectivity index is 1.40. The van der Waals surface area contributed by atoms with Gasteiger partial charge in [-0.25, -0.2) is 4.79 Å². The van der Waals surface area contributed by atoms with Crippen LogP contribution in [0.1, 0.15) is 67.4 Å². The van der Waals surface area contributed by atoms with Crippen LogP contribution in [0.5, 0.6) is 0 Å². The summed E-state index contributed by atoms with van der Waals surface area (Å²) in [6.45, 7) is 3.78. The van der Waals surface area contributed by atoms with Crippen molar-refractivity contribution in [3.63, 3.8) is 0 Å². The highest BCUT2D eigenvalue weighted by Crippen LogP contribution is 2.44. The topological polar surface area (TPSA) is 80.0 Å². The number of carbonyl (C=O) groups is 1. The minimum Gasteiger partial charge on any atom is -0.337 e. The number of rotatable bonds is 5. The standard InChI is InChI=1S/C18H22N4O2/c1-11(14-4-3-5-15(10-14)13-6-7-13)19-17(23)21-18(8-9-18)16-20-12(2)22-24-16/h3-5,10-11,13H,6-9H2,1-2H3,(H2,19,21,23). The van der Waals surface area contributed by atoms with Gasteiger partial charge in [0, 0.05) is 0 Å². The molecule has 2 amide bonds. The van der Waals surface area contributed by atoms with Crippen LogP contribution in [-0.4, -0.2) is 16.2 Å². The number of aromatic nitrogens is 2. The maximum atomic E-state index is 12.4. The zero-order chi connectivity index (χ0) is 16.7. The summed E-state index contributed by atoms with van der Waals surface area (Å²) < 4.78 is 5.23. The molecule has 24 heavy (non-hydrogen) atoms. The molecule has 6 nitrogen and oxygen atoms in total. The summed E-state index contributed by atoms with van der Waals surface area (Å²) in [5.41, 5.74) is 2.02. The van der Waals surface area contributed by atoms with Gasteiger partial charge in [-0.15, -0.1) is 0 Å². The van der Waals surface area contributed by atoms with Gasteiger partial charge in [0.25, 0.3) is 5.89 Å². The number of nitrogens with zero attached hydrogens (tertiary/aromatic N) is 2. The SMILES string of the molecule is Cc1noc(C2(NC(=O)NC(C)c3cccc(C4CC4)c3)CC2)n1. The van der Waals surface area contributed by atoms with Crippen LogP contribution in [-0.2, 0) is 5.54 Å². The van der Waals surface area contributed by atoms with Crippen molar-refractivity contribution in [1.29, 1.82) is 0 Å². The van der Waals surface area contributed by atoms with Gasteiger partial charge in [0.1, 0.15) is 5.54 Å². The molecular weight excluding hydrogens is 304 g/mol. The molecule has 2 aromatic rings. The van der Waals surface area contributed by atoms with Crippen LogP contribution in [0.4, 0.5) is 4.79 Å². The first-order valence-electron chi connectivity index (χ1n) is 8.55. The molecule has 1 aromatic carbocycles. The maximum absolute atomic E-state index is 12.4. The van der Waals surface area contributed by atoms with E-state index in [1.54, 1.807) is 6.92 Å². The largest absolute Gasteiger partial charge is 0.337 e. The number of carbonyl (C=O) groups excluding carboxylic acids is 1. The van der Waals surface area contributed by atoms with Crippen LogP contribution in [0.3, 0.4) is 0 Å². The molecule has 2 saturated carbocycles. The monoisotopic (exact) mass is 326 g/mol. The molecule has 0 aliphatic heterocycles. The van der Waals surface area contributed by atoms with Gasteiger partial charge in [0.2, 0.25) is 0 Å². The van der Waals surface area contributed by atoms with E-state index in [0.29, 0.717) is 17.6 Å². The van der Waals surface area contributed by atoms with Gasteiger partial charge in [-0.1, -0.05) is 29.4 Å². The zero-order valence-corrected chi connectivity index (χ0v) is 14.0. The second-order valence-corrected chi connectivity index (χ2v) is 6.99. The first-order valence-corrected chi connectivity index (χ1v) is 8.55. The highest BCUT2D eigenvalue weighted by molar-refractivity contribution is 5.76. The molecule has 1 atom stereocenters. The van der Waals surface area contributed by atoms with E-state index in [4.69, 9.17) is 4.52 Å². The van der Waals surface area contributed by atoms with Gasteiger partial charge >= 0.3 is 6.03 Å². The van der Waals surface area contributed by atoms with E-state index in [1.165, 1.54) is 18.4 Å². The third-order valence-corrected chi connectivity index (χ3v) is 4.85. The predicted octanol–water partition coefficient (Wildman–Crippen LogP) is 3.30. The summed E-state index contributed by atoms with van der Waals surface area (Å²) >= 11 is 0. The molecule has 126 valence electrons. The van der Waals surface area contributed by atoms with Crippen molar-refractivity contribution >= 4 is 6.03 Å². The lowest BCUT2D eigenvalue weighted by molar-refractivity contribution is 0.227. The number of benzene rings is 1. The third kappa shape index (κ3) is 3.00. The second kappa shape index (κ2) is 5.61. The van der Waals surface area contributed by atoms with Crippen LogP contribution in [0, 0.1) is 6.92 Å². The normalized spacial score (nSPS) is 19.6. The molecule has 6 heteroatoms. The van der Waals surface area contributed by atoms with Gasteiger partial charge in [0.05, 0.1) is 6.04 Å². The minimum absolute atomic E-state index is 0.0519. The van der Waals surface area contributed by atoms with Gasteiger partial charge < -0.3 is 15.2 Å². The van der Waals surface area contributed by atoms with Crippen molar-refractivity contribution in [1.82, 2.24) is 20.8 Å². The Morgan fingerprint density at radius 2 is 2.17 bits per heavy atom. The Labute approximate surface area is 141 Å². The fourth-order valence-electron chi connectivity index (χ4n) is 3.04. The van der Waals surface area contributed by atoms with Crippen LogP contribution in [0.2, 0.25) is 0 Å². The van der Waals surface area contributed by atoms with E-state index >= 15 is 0 Å². The maximum Gasteiger partial charge on any atom is 0.316 e. The fourth-order valence-corrected chi connectivity index (χ4v) is 3.04. The van der Waals surface area contributed by atoms with Gasteiger partial charge in [-0.2, -0.15) is 4.98 Å². The van der Waals surface area contributed by atoms with Gasteiger partial charge in [-0.05, 0) is 56.6 Å². The molecule has 1 aromatic heterocycles. The number of aryl methyl sites for hydroxylation is 1. The number of hydrogen-bond donors (Lipinski definition) is 2. The first kappa shape index (κ1) is 15.2. The summed E-state index contributed by atoms with van der Waals surface area (Å²) in [7, 11) is 0. The Kier molecular flexibility index (Phi) is 3.55. The molecule has 0 radical (unpaired) electrons. The predicted molar refractivity (Wildman–Crippen MR) is 88.4 cm³/mol. The van der Waals surface area contributed by atoms with Crippen molar-refractivity contribution in [2.45, 2.75) is 57.0 Å². The number of urea groups is 1. The summed E-state index contributed by atoms with van der Waals surface area (Å²) in [5.74, 6) is 1.80. The van der Waals surface area contributed by atoms with Crippen LogP contribution >= 0.6 is 0 Å². The molecule has 2 N–H and O–H groups in total. The summed E-state index contributed by atoms with van der Waals surface area (Å²) in [4.78, 5) is 16.6. The molecule has 4 rings (SSSR count). The van der Waals surface area contributed by atoms with E-state index in [-0.39, 0.29) is 12.1 Å². The smallest absolute Gasteiger partial charge is 0.316 e. The van der Waals surface area contributed by atoms with Crippen molar-refractivity contribution in [2.75, 3.05) is 0 Å². The van der Waals surface area contributed by atoms with Crippen molar-refractivity contribution in [2.24, 2.45) is 0 Å². The lowest BCUT2D eigenvalue weighted by atomic mass is 10.0. The molecule has 0 saturated heterocycles. The molecule has 1 unspecified atom stereocenters. The van der Waals surface area contributed by atoms with E-state index < -0.39 is 5.54 Å². The van der Waals surface area contributed by atoms with Crippen LogP contribution in [0.25, 0.3) is 0 Å². The Hall–Kier alpha value is -2.37. The summed E-state index contributed by atoms with van der Waals surface area (Å²) in [6, 6.07) is 8.26. The quantitative estimate of drug-likeness (QED) is 0.883. The van der Waals surface area contributed by atoms with Gasteiger partial charge in [-0.3, -0.25) is 0 Å². The molecule has 2 aliphatic carbocycles. The highest BCUT2D eigenvalue weighted by Gasteiger charge is 2.51. The van der Waals surface area contributed by atoms with E-state index in [9.17, 15) is 4.79 Å². The average molecular weight is 326 g/mol. The van der Waals surface area contributed by atoms with Crippen molar-refractivity contribution in [3.8, 4) is 0 Å². The molecule has 2 fully saturated rings. The molecule has 0 spiro atoms. The second-order valence-electron chi connectivity index (χ2n) is 6.99. The fraction of sp³-hybridized carbons (Fsp3) is 0.500. The van der Waals surface area contributed by atoms with Crippen molar-refractivity contribution in [3.05, 3.63) is 47.1 Å². The Morgan fingerprint density at radius 1 is 1.38 bits per heavy atom. The summed E-state index contributed by atoms with van der Waals surface area (Å²) in [5, 5.41) is 9.83. The van der Waals surface area contributed by atoms with E-state index in [2.05, 4.69) is 45.0 Å². The molecular formula is C18H22N4O2. The lowest BCUT2D eigenvalue weighted by Gasteiger charge is -2.19. The molecule has 1 heterocycles. The van der Waals surface area contributed by atoms with Crippen LogP contribution < -0.4 is 10.6 Å². The number of amides is 2. The van der Waals surface area contributed by atoms with Gasteiger partial charge in [0.15, 0.2) is 5.82 Å². The molecule has 0 bridgehead atoms. The highest BCUT2D eigenvalue weighted by atomic mass is 16.5. The molecule has 2 aliphatic rings. The van der Waals surface area contributed by atoms with Crippen molar-refractivity contribution < 1.29 is 9.32 Å². The average Bonchev–Trinajstić information content (AvgIpc) is 3.48. The Morgan fingerprint density at radius 3 is 2.79 bits per heavy atom. The number of nitrogens with one attached hydrogen (secondary N) is 2. The summed E-state index contributed by atoms with van der Waals surface area (Å²) in [6.07, 6.45) is 4.21. The van der Waals surface area contributed by atoms with Crippen LogP contribution in [0.15, 0.2) is 28.8 Å². The zero-order valence-electron chi connectivity index (χ0n) is 14.0. The van der Waals surface area contributed by atoms with E-state index in [1.807, 2.05) is 6.92 Å². The first-order chi connectivity index (χ1) is 11.6. The third-order valence-electron chi connectivity index (χ3n) is 4.85.